The van der Waals surface area contributed by atoms with Gasteiger partial charge in [0, 0.05) is 24.3 Å². The number of benzene rings is 2. The highest BCUT2D eigenvalue weighted by Gasteiger charge is 2.39. The highest BCUT2D eigenvalue weighted by Crippen LogP contribution is 2.29. The molecule has 1 aliphatic rings. The summed E-state index contributed by atoms with van der Waals surface area (Å²) < 4.78 is 0. The van der Waals surface area contributed by atoms with Gasteiger partial charge in [-0.05, 0) is 30.2 Å². The van der Waals surface area contributed by atoms with E-state index in [0.29, 0.717) is 17.9 Å². The molecule has 1 saturated heterocycles. The van der Waals surface area contributed by atoms with Crippen molar-refractivity contribution < 1.29 is 14.4 Å². The predicted octanol–water partition coefficient (Wildman–Crippen LogP) is 3.64. The Morgan fingerprint density at radius 2 is 1.81 bits per heavy atom. The van der Waals surface area contributed by atoms with Crippen LogP contribution in [-0.4, -0.2) is 28.7 Å². The van der Waals surface area contributed by atoms with Crippen LogP contribution in [0.15, 0.2) is 54.6 Å². The fraction of sp³-hybridized carbons (Fsp3) is 0.286. The van der Waals surface area contributed by atoms with Crippen molar-refractivity contribution in [3.63, 3.8) is 0 Å². The Labute approximate surface area is 163 Å². The summed E-state index contributed by atoms with van der Waals surface area (Å²) in [6, 6.07) is 16.7. The molecule has 27 heavy (non-hydrogen) atoms. The molecule has 0 aromatic heterocycles. The summed E-state index contributed by atoms with van der Waals surface area (Å²) in [5.41, 5.74) is 2.52. The summed E-state index contributed by atoms with van der Waals surface area (Å²) in [5.74, 6) is 0.0185. The summed E-state index contributed by atoms with van der Waals surface area (Å²) in [6.45, 7) is 2.04. The Morgan fingerprint density at radius 3 is 2.56 bits per heavy atom. The molecule has 1 fully saturated rings. The predicted molar refractivity (Wildman–Crippen MR) is 109 cm³/mol. The molecule has 140 valence electrons. The fourth-order valence-corrected chi connectivity index (χ4v) is 4.14. The molecule has 6 heteroatoms. The second-order valence-electron chi connectivity index (χ2n) is 6.28. The van der Waals surface area contributed by atoms with E-state index < -0.39 is 5.25 Å². The quantitative estimate of drug-likeness (QED) is 0.743. The molecular formula is C21H22N2O3S. The Bertz CT molecular complexity index is 838. The van der Waals surface area contributed by atoms with Crippen LogP contribution in [-0.2, 0) is 20.8 Å². The zero-order valence-corrected chi connectivity index (χ0v) is 16.0. The van der Waals surface area contributed by atoms with Crippen LogP contribution in [0.3, 0.4) is 0 Å². The number of hydrogen-bond donors (Lipinski definition) is 1. The SMILES string of the molecule is CCc1ccccc1NC(=O)CCS[C@@H]1CC(=O)N(c2ccccc2)C1=O. The number of carbonyl (C=O) groups excluding carboxylic acids is 3. The van der Waals surface area contributed by atoms with Crippen molar-refractivity contribution in [1.82, 2.24) is 0 Å². The minimum absolute atomic E-state index is 0.0833. The van der Waals surface area contributed by atoms with E-state index in [0.717, 1.165) is 17.7 Å². The minimum atomic E-state index is -0.423. The number of nitrogens with zero attached hydrogens (tertiary/aromatic N) is 1. The smallest absolute Gasteiger partial charge is 0.247 e. The summed E-state index contributed by atoms with van der Waals surface area (Å²) in [6.07, 6.45) is 1.32. The van der Waals surface area contributed by atoms with E-state index in [1.165, 1.54) is 16.7 Å². The van der Waals surface area contributed by atoms with Crippen molar-refractivity contribution >= 4 is 40.9 Å². The molecule has 0 unspecified atom stereocenters. The fourth-order valence-electron chi connectivity index (χ4n) is 3.04. The lowest BCUT2D eigenvalue weighted by Gasteiger charge is -2.14. The van der Waals surface area contributed by atoms with Crippen LogP contribution in [0.5, 0.6) is 0 Å². The van der Waals surface area contributed by atoms with Gasteiger partial charge in [-0.1, -0.05) is 43.3 Å². The first-order valence-corrected chi connectivity index (χ1v) is 10.1. The maximum Gasteiger partial charge on any atom is 0.247 e. The molecule has 0 spiro atoms. The molecule has 1 N–H and O–H groups in total. The van der Waals surface area contributed by atoms with Gasteiger partial charge < -0.3 is 5.32 Å². The van der Waals surface area contributed by atoms with Gasteiger partial charge in [-0.25, -0.2) is 4.90 Å². The van der Waals surface area contributed by atoms with Crippen molar-refractivity contribution in [2.45, 2.75) is 31.4 Å². The van der Waals surface area contributed by atoms with Gasteiger partial charge >= 0.3 is 0 Å². The first-order valence-electron chi connectivity index (χ1n) is 9.01. The summed E-state index contributed by atoms with van der Waals surface area (Å²) in [5, 5.41) is 2.50. The van der Waals surface area contributed by atoms with Crippen LogP contribution in [0.1, 0.15) is 25.3 Å². The lowest BCUT2D eigenvalue weighted by Crippen LogP contribution is -2.31. The zero-order valence-electron chi connectivity index (χ0n) is 15.2. The van der Waals surface area contributed by atoms with Gasteiger partial charge in [0.15, 0.2) is 0 Å². The van der Waals surface area contributed by atoms with E-state index in [1.807, 2.05) is 37.3 Å². The van der Waals surface area contributed by atoms with Crippen molar-refractivity contribution in [2.75, 3.05) is 16.0 Å². The Hall–Kier alpha value is -2.60. The molecule has 5 nitrogen and oxygen atoms in total. The van der Waals surface area contributed by atoms with Crippen molar-refractivity contribution in [3.05, 3.63) is 60.2 Å². The molecular weight excluding hydrogens is 360 g/mol. The first kappa shape index (κ1) is 19.2. The Morgan fingerprint density at radius 1 is 1.11 bits per heavy atom. The van der Waals surface area contributed by atoms with Crippen LogP contribution < -0.4 is 10.2 Å². The van der Waals surface area contributed by atoms with Gasteiger partial charge in [0.25, 0.3) is 0 Å². The third kappa shape index (κ3) is 4.57. The van der Waals surface area contributed by atoms with Crippen LogP contribution in [0, 0.1) is 0 Å². The normalized spacial score (nSPS) is 16.6. The molecule has 0 radical (unpaired) electrons. The average molecular weight is 382 g/mol. The molecule has 0 saturated carbocycles. The zero-order chi connectivity index (χ0) is 19.2. The number of imide groups is 1. The van der Waals surface area contributed by atoms with Crippen LogP contribution in [0.25, 0.3) is 0 Å². The number of para-hydroxylation sites is 2. The van der Waals surface area contributed by atoms with E-state index in [9.17, 15) is 14.4 Å². The van der Waals surface area contributed by atoms with Crippen LogP contribution in [0.4, 0.5) is 11.4 Å². The number of hydrogen-bond acceptors (Lipinski definition) is 4. The highest BCUT2D eigenvalue weighted by molar-refractivity contribution is 8.00. The Balaban J connectivity index is 1.51. The number of amides is 3. The summed E-state index contributed by atoms with van der Waals surface area (Å²) in [7, 11) is 0. The second-order valence-corrected chi connectivity index (χ2v) is 7.59. The van der Waals surface area contributed by atoms with E-state index in [1.54, 1.807) is 24.3 Å². The number of carbonyl (C=O) groups is 3. The van der Waals surface area contributed by atoms with Gasteiger partial charge in [-0.2, -0.15) is 0 Å². The van der Waals surface area contributed by atoms with Crippen molar-refractivity contribution in [2.24, 2.45) is 0 Å². The maximum atomic E-state index is 12.6. The average Bonchev–Trinajstić information content (AvgIpc) is 2.96. The summed E-state index contributed by atoms with van der Waals surface area (Å²) in [4.78, 5) is 38.2. The lowest BCUT2D eigenvalue weighted by atomic mass is 10.1. The number of rotatable bonds is 7. The van der Waals surface area contributed by atoms with Crippen LogP contribution >= 0.6 is 11.8 Å². The van der Waals surface area contributed by atoms with E-state index in [-0.39, 0.29) is 24.1 Å². The molecule has 3 amide bonds. The van der Waals surface area contributed by atoms with Crippen molar-refractivity contribution in [3.8, 4) is 0 Å². The molecule has 1 heterocycles. The standard InChI is InChI=1S/C21H22N2O3S/c1-2-15-8-6-7-11-17(15)22-19(24)12-13-27-18-14-20(25)23(21(18)26)16-9-4-3-5-10-16/h3-11,18H,2,12-14H2,1H3,(H,22,24)/t18-/m1/s1. The summed E-state index contributed by atoms with van der Waals surface area (Å²) >= 11 is 1.37. The van der Waals surface area contributed by atoms with E-state index >= 15 is 0 Å². The maximum absolute atomic E-state index is 12.6. The number of aryl methyl sites for hydroxylation is 1. The highest BCUT2D eigenvalue weighted by atomic mass is 32.2. The third-order valence-electron chi connectivity index (χ3n) is 4.44. The minimum Gasteiger partial charge on any atom is -0.326 e. The molecule has 1 aliphatic heterocycles. The van der Waals surface area contributed by atoms with Crippen molar-refractivity contribution in [1.29, 1.82) is 0 Å². The lowest BCUT2D eigenvalue weighted by molar-refractivity contribution is -0.121. The largest absolute Gasteiger partial charge is 0.326 e. The molecule has 2 aromatic carbocycles. The first-order chi connectivity index (χ1) is 13.1. The number of anilines is 2. The number of nitrogens with one attached hydrogen (secondary N) is 1. The molecule has 3 rings (SSSR count). The van der Waals surface area contributed by atoms with Gasteiger partial charge in [0.2, 0.25) is 17.7 Å². The van der Waals surface area contributed by atoms with Gasteiger partial charge in [0.05, 0.1) is 10.9 Å². The number of thioether (sulfide) groups is 1. The third-order valence-corrected chi connectivity index (χ3v) is 5.65. The second kappa shape index (κ2) is 8.86. The molecule has 0 aliphatic carbocycles. The van der Waals surface area contributed by atoms with E-state index in [2.05, 4.69) is 5.32 Å². The molecule has 2 aromatic rings. The topological polar surface area (TPSA) is 66.5 Å². The van der Waals surface area contributed by atoms with Gasteiger partial charge in [-0.3, -0.25) is 14.4 Å². The Kier molecular flexibility index (Phi) is 6.29. The van der Waals surface area contributed by atoms with Gasteiger partial charge in [0.1, 0.15) is 0 Å². The van der Waals surface area contributed by atoms with E-state index in [4.69, 9.17) is 0 Å². The van der Waals surface area contributed by atoms with Gasteiger partial charge in [-0.15, -0.1) is 11.8 Å². The van der Waals surface area contributed by atoms with Crippen LogP contribution in [0.2, 0.25) is 0 Å². The molecule has 0 bridgehead atoms. The monoisotopic (exact) mass is 382 g/mol. The molecule has 1 atom stereocenters.